The van der Waals surface area contributed by atoms with Gasteiger partial charge in [0.25, 0.3) is 0 Å². The Morgan fingerprint density at radius 3 is 2.87 bits per heavy atom. The van der Waals surface area contributed by atoms with Crippen LogP contribution in [0, 0.1) is 0 Å². The summed E-state index contributed by atoms with van der Waals surface area (Å²) < 4.78 is 5.11. The van der Waals surface area contributed by atoms with Gasteiger partial charge in [0.2, 0.25) is 5.76 Å². The highest BCUT2D eigenvalue weighted by molar-refractivity contribution is 7.98. The Morgan fingerprint density at radius 2 is 2.33 bits per heavy atom. The van der Waals surface area contributed by atoms with Crippen molar-refractivity contribution in [1.82, 2.24) is 0 Å². The Labute approximate surface area is 93.2 Å². The van der Waals surface area contributed by atoms with E-state index in [-0.39, 0.29) is 5.76 Å². The predicted octanol–water partition coefficient (Wildman–Crippen LogP) is 3.18. The molecule has 0 aliphatic rings. The third-order valence-corrected chi connectivity index (χ3v) is 3.02. The molecule has 3 nitrogen and oxygen atoms in total. The van der Waals surface area contributed by atoms with Crippen LogP contribution in [0.15, 0.2) is 28.7 Å². The summed E-state index contributed by atoms with van der Waals surface area (Å²) in [6, 6.07) is 3.18. The lowest BCUT2D eigenvalue weighted by Crippen LogP contribution is -1.91. The minimum absolute atomic E-state index is 0.0000759. The molecule has 0 radical (unpaired) electrons. The molecule has 0 bridgehead atoms. The van der Waals surface area contributed by atoms with Crippen LogP contribution in [-0.2, 0) is 5.75 Å². The molecule has 0 fully saturated rings. The summed E-state index contributed by atoms with van der Waals surface area (Å²) >= 11 is 1.68. The van der Waals surface area contributed by atoms with Crippen molar-refractivity contribution in [1.29, 1.82) is 0 Å². The number of carbonyl (C=O) groups is 1. The zero-order valence-corrected chi connectivity index (χ0v) is 9.47. The molecule has 0 amide bonds. The first-order chi connectivity index (χ1) is 7.13. The van der Waals surface area contributed by atoms with E-state index >= 15 is 0 Å². The number of hydrogen-bond acceptors (Lipinski definition) is 3. The van der Waals surface area contributed by atoms with Gasteiger partial charge in [-0.15, -0.1) is 11.8 Å². The van der Waals surface area contributed by atoms with Crippen LogP contribution >= 0.6 is 11.8 Å². The van der Waals surface area contributed by atoms with E-state index < -0.39 is 5.97 Å². The smallest absolute Gasteiger partial charge is 0.371 e. The minimum Gasteiger partial charge on any atom is -0.475 e. The Morgan fingerprint density at radius 1 is 1.60 bits per heavy atom. The summed E-state index contributed by atoms with van der Waals surface area (Å²) in [6.45, 7) is 5.96. The van der Waals surface area contributed by atoms with Gasteiger partial charge >= 0.3 is 5.97 Å². The lowest BCUT2D eigenvalue weighted by atomic mass is 10.3. The highest BCUT2D eigenvalue weighted by Gasteiger charge is 2.08. The van der Waals surface area contributed by atoms with E-state index in [1.807, 2.05) is 0 Å². The van der Waals surface area contributed by atoms with Crippen LogP contribution in [0.2, 0.25) is 0 Å². The van der Waals surface area contributed by atoms with Crippen molar-refractivity contribution in [2.75, 3.05) is 5.75 Å². The molecule has 1 aromatic heterocycles. The summed E-state index contributed by atoms with van der Waals surface area (Å²) in [5.74, 6) is 1.25. The lowest BCUT2D eigenvalue weighted by molar-refractivity contribution is 0.0661. The maximum atomic E-state index is 10.5. The van der Waals surface area contributed by atoms with E-state index in [1.54, 1.807) is 17.8 Å². The predicted molar refractivity (Wildman–Crippen MR) is 61.3 cm³/mol. The number of carboxylic acid groups (broad SMARTS) is 1. The summed E-state index contributed by atoms with van der Waals surface area (Å²) in [7, 11) is 0. The van der Waals surface area contributed by atoms with Crippen molar-refractivity contribution < 1.29 is 14.3 Å². The molecule has 0 saturated heterocycles. The monoisotopic (exact) mass is 226 g/mol. The molecule has 0 aromatic carbocycles. The SMILES string of the molecule is C=C(CC)CSCc1ccc(C(=O)O)o1. The van der Waals surface area contributed by atoms with Gasteiger partial charge in [-0.2, -0.15) is 0 Å². The molecule has 4 heteroatoms. The third kappa shape index (κ3) is 3.83. The van der Waals surface area contributed by atoms with Gasteiger partial charge in [0.15, 0.2) is 0 Å². The maximum absolute atomic E-state index is 10.5. The van der Waals surface area contributed by atoms with Crippen molar-refractivity contribution in [3.8, 4) is 0 Å². The van der Waals surface area contributed by atoms with Crippen molar-refractivity contribution in [2.45, 2.75) is 19.1 Å². The molecule has 0 saturated carbocycles. The van der Waals surface area contributed by atoms with Crippen LogP contribution in [0.1, 0.15) is 29.7 Å². The topological polar surface area (TPSA) is 50.4 Å². The maximum Gasteiger partial charge on any atom is 0.371 e. The highest BCUT2D eigenvalue weighted by atomic mass is 32.2. The van der Waals surface area contributed by atoms with Gasteiger partial charge in [-0.05, 0) is 18.6 Å². The first-order valence-electron chi connectivity index (χ1n) is 4.70. The molecule has 15 heavy (non-hydrogen) atoms. The molecular formula is C11H14O3S. The average molecular weight is 226 g/mol. The number of aromatic carboxylic acids is 1. The highest BCUT2D eigenvalue weighted by Crippen LogP contribution is 2.18. The average Bonchev–Trinajstić information content (AvgIpc) is 2.66. The molecule has 0 spiro atoms. The first-order valence-corrected chi connectivity index (χ1v) is 5.85. The number of thioether (sulfide) groups is 1. The van der Waals surface area contributed by atoms with Crippen LogP contribution in [0.5, 0.6) is 0 Å². The largest absolute Gasteiger partial charge is 0.475 e. The number of carboxylic acids is 1. The fraction of sp³-hybridized carbons (Fsp3) is 0.364. The first kappa shape index (κ1) is 11.9. The van der Waals surface area contributed by atoms with E-state index in [1.165, 1.54) is 11.6 Å². The van der Waals surface area contributed by atoms with Crippen LogP contribution in [0.4, 0.5) is 0 Å². The van der Waals surface area contributed by atoms with Crippen LogP contribution in [0.25, 0.3) is 0 Å². The van der Waals surface area contributed by atoms with Gasteiger partial charge in [-0.1, -0.05) is 19.1 Å². The Kier molecular flexibility index (Phi) is 4.49. The summed E-state index contributed by atoms with van der Waals surface area (Å²) in [4.78, 5) is 10.5. The number of rotatable bonds is 6. The number of hydrogen-bond donors (Lipinski definition) is 1. The van der Waals surface area contributed by atoms with Crippen LogP contribution in [-0.4, -0.2) is 16.8 Å². The normalized spacial score (nSPS) is 10.2. The summed E-state index contributed by atoms with van der Waals surface area (Å²) in [6.07, 6.45) is 0.978. The van der Waals surface area contributed by atoms with Crippen molar-refractivity contribution in [2.24, 2.45) is 0 Å². The van der Waals surface area contributed by atoms with E-state index in [4.69, 9.17) is 9.52 Å². The Balaban J connectivity index is 2.38. The van der Waals surface area contributed by atoms with Gasteiger partial charge in [0.1, 0.15) is 5.76 Å². The van der Waals surface area contributed by atoms with Gasteiger partial charge in [-0.25, -0.2) is 4.79 Å². The summed E-state index contributed by atoms with van der Waals surface area (Å²) in [5.41, 5.74) is 1.19. The van der Waals surface area contributed by atoms with Crippen molar-refractivity contribution in [3.63, 3.8) is 0 Å². The van der Waals surface area contributed by atoms with E-state index in [9.17, 15) is 4.79 Å². The molecule has 1 N–H and O–H groups in total. The standard InChI is InChI=1S/C11H14O3S/c1-3-8(2)6-15-7-9-4-5-10(14-9)11(12)13/h4-5H,2-3,6-7H2,1H3,(H,12,13). The lowest BCUT2D eigenvalue weighted by Gasteiger charge is -2.00. The second-order valence-electron chi connectivity index (χ2n) is 3.17. The van der Waals surface area contributed by atoms with Crippen molar-refractivity contribution >= 4 is 17.7 Å². The van der Waals surface area contributed by atoms with Gasteiger partial charge in [-0.3, -0.25) is 0 Å². The number of furan rings is 1. The second-order valence-corrected chi connectivity index (χ2v) is 4.15. The molecule has 0 atom stereocenters. The fourth-order valence-corrected chi connectivity index (χ4v) is 1.92. The molecule has 0 aliphatic carbocycles. The molecule has 0 unspecified atom stereocenters. The Hall–Kier alpha value is -1.16. The quantitative estimate of drug-likeness (QED) is 0.757. The molecule has 1 heterocycles. The third-order valence-electron chi connectivity index (χ3n) is 1.92. The zero-order valence-electron chi connectivity index (χ0n) is 8.66. The van der Waals surface area contributed by atoms with E-state index in [0.29, 0.717) is 11.5 Å². The minimum atomic E-state index is -1.02. The molecular weight excluding hydrogens is 212 g/mol. The second kappa shape index (κ2) is 5.66. The van der Waals surface area contributed by atoms with Crippen LogP contribution in [0.3, 0.4) is 0 Å². The molecule has 82 valence electrons. The molecule has 1 aromatic rings. The van der Waals surface area contributed by atoms with E-state index in [2.05, 4.69) is 13.5 Å². The van der Waals surface area contributed by atoms with Crippen molar-refractivity contribution in [3.05, 3.63) is 35.8 Å². The molecule has 0 aliphatic heterocycles. The Bertz CT molecular complexity index is 354. The fourth-order valence-electron chi connectivity index (χ4n) is 0.968. The van der Waals surface area contributed by atoms with Crippen LogP contribution < -0.4 is 0 Å². The zero-order chi connectivity index (χ0) is 11.3. The summed E-state index contributed by atoms with van der Waals surface area (Å²) in [5, 5.41) is 8.64. The van der Waals surface area contributed by atoms with Gasteiger partial charge in [0, 0.05) is 5.75 Å². The molecule has 1 rings (SSSR count). The van der Waals surface area contributed by atoms with Gasteiger partial charge in [0.05, 0.1) is 5.75 Å². The van der Waals surface area contributed by atoms with Gasteiger partial charge < -0.3 is 9.52 Å². The van der Waals surface area contributed by atoms with E-state index in [0.717, 1.165) is 12.2 Å².